The van der Waals surface area contributed by atoms with Gasteiger partial charge in [0.15, 0.2) is 0 Å². The molecule has 2 saturated heterocycles. The highest BCUT2D eigenvalue weighted by molar-refractivity contribution is 5.81. The summed E-state index contributed by atoms with van der Waals surface area (Å²) in [5.41, 5.74) is 1.48. The van der Waals surface area contributed by atoms with Crippen LogP contribution in [-0.4, -0.2) is 61.1 Å². The first-order valence-corrected chi connectivity index (χ1v) is 9.68. The van der Waals surface area contributed by atoms with Gasteiger partial charge in [-0.3, -0.25) is 4.79 Å². The van der Waals surface area contributed by atoms with E-state index in [0.29, 0.717) is 57.8 Å². The van der Waals surface area contributed by atoms with Gasteiger partial charge in [-0.05, 0) is 43.9 Å². The van der Waals surface area contributed by atoms with Gasteiger partial charge in [-0.15, -0.1) is 0 Å². The fourth-order valence-electron chi connectivity index (χ4n) is 3.91. The molecular formula is C20H28FN3O3. The maximum absolute atomic E-state index is 13.7. The number of morpholine rings is 1. The molecule has 27 heavy (non-hydrogen) atoms. The van der Waals surface area contributed by atoms with Gasteiger partial charge in [0.2, 0.25) is 5.91 Å². The Labute approximate surface area is 159 Å². The largest absolute Gasteiger partial charge is 0.378 e. The number of carbonyl (C=O) groups is 2. The summed E-state index contributed by atoms with van der Waals surface area (Å²) in [7, 11) is 0. The number of nitrogens with one attached hydrogen (secondary N) is 1. The molecule has 1 N–H and O–H groups in total. The van der Waals surface area contributed by atoms with Gasteiger partial charge >= 0.3 is 6.03 Å². The number of rotatable bonds is 3. The van der Waals surface area contributed by atoms with Crippen LogP contribution in [0.25, 0.3) is 0 Å². The van der Waals surface area contributed by atoms with E-state index < -0.39 is 0 Å². The summed E-state index contributed by atoms with van der Waals surface area (Å²) in [5.74, 6) is -0.357. The number of piperidine rings is 1. The lowest BCUT2D eigenvalue weighted by atomic mass is 9.87. The predicted octanol–water partition coefficient (Wildman–Crippen LogP) is 2.48. The number of halogens is 1. The standard InChI is InChI=1S/C20H28FN3O3/c1-3-22-20(26)24-13-16(19(25)23-8-10-27-11-9-23)5-7-18(24)15-4-6-17(21)14(2)12-15/h4,6,12,16,18H,3,5,7-11,13H2,1-2H3,(H,22,26). The Balaban J connectivity index is 1.78. The van der Waals surface area contributed by atoms with E-state index in [9.17, 15) is 14.0 Å². The van der Waals surface area contributed by atoms with Crippen molar-refractivity contribution in [1.29, 1.82) is 0 Å². The minimum Gasteiger partial charge on any atom is -0.378 e. The Kier molecular flexibility index (Phi) is 6.31. The number of carbonyl (C=O) groups excluding carboxylic acids is 2. The first kappa shape index (κ1) is 19.6. The molecule has 2 unspecified atom stereocenters. The zero-order chi connectivity index (χ0) is 19.4. The number of hydrogen-bond donors (Lipinski definition) is 1. The normalized spacial score (nSPS) is 23.2. The number of amides is 3. The summed E-state index contributed by atoms with van der Waals surface area (Å²) in [6, 6.07) is 4.67. The van der Waals surface area contributed by atoms with Crippen molar-refractivity contribution in [2.75, 3.05) is 39.4 Å². The summed E-state index contributed by atoms with van der Waals surface area (Å²) in [5, 5.41) is 2.85. The lowest BCUT2D eigenvalue weighted by Gasteiger charge is -2.41. The zero-order valence-electron chi connectivity index (χ0n) is 16.0. The minimum atomic E-state index is -0.250. The molecule has 0 saturated carbocycles. The molecule has 2 aliphatic rings. The number of likely N-dealkylation sites (tertiary alicyclic amines) is 1. The second-order valence-electron chi connectivity index (χ2n) is 7.22. The Morgan fingerprint density at radius 1 is 1.26 bits per heavy atom. The van der Waals surface area contributed by atoms with E-state index in [2.05, 4.69) is 5.32 Å². The Bertz CT molecular complexity index is 691. The van der Waals surface area contributed by atoms with Crippen LogP contribution in [0.1, 0.15) is 36.9 Å². The average molecular weight is 377 g/mol. The third kappa shape index (κ3) is 4.40. The van der Waals surface area contributed by atoms with Gasteiger partial charge in [0.1, 0.15) is 5.82 Å². The van der Waals surface area contributed by atoms with Crippen molar-refractivity contribution >= 4 is 11.9 Å². The second-order valence-corrected chi connectivity index (χ2v) is 7.22. The van der Waals surface area contributed by atoms with Crippen LogP contribution in [0.3, 0.4) is 0 Å². The molecule has 2 fully saturated rings. The average Bonchev–Trinajstić information content (AvgIpc) is 2.70. The van der Waals surface area contributed by atoms with Gasteiger partial charge in [0.05, 0.1) is 25.2 Å². The van der Waals surface area contributed by atoms with Gasteiger partial charge in [-0.25, -0.2) is 9.18 Å². The van der Waals surface area contributed by atoms with Gasteiger partial charge in [0, 0.05) is 26.2 Å². The van der Waals surface area contributed by atoms with Gasteiger partial charge < -0.3 is 19.9 Å². The van der Waals surface area contributed by atoms with Crippen molar-refractivity contribution in [3.63, 3.8) is 0 Å². The lowest BCUT2D eigenvalue weighted by Crippen LogP contribution is -2.52. The van der Waals surface area contributed by atoms with Crippen LogP contribution in [-0.2, 0) is 9.53 Å². The Morgan fingerprint density at radius 3 is 2.67 bits per heavy atom. The summed E-state index contributed by atoms with van der Waals surface area (Å²) < 4.78 is 19.0. The number of urea groups is 1. The molecule has 6 nitrogen and oxygen atoms in total. The van der Waals surface area contributed by atoms with Crippen LogP contribution >= 0.6 is 0 Å². The van der Waals surface area contributed by atoms with E-state index in [1.807, 2.05) is 11.8 Å². The van der Waals surface area contributed by atoms with Gasteiger partial charge in [-0.1, -0.05) is 12.1 Å². The maximum Gasteiger partial charge on any atom is 0.317 e. The van der Waals surface area contributed by atoms with Crippen molar-refractivity contribution in [3.05, 3.63) is 35.1 Å². The van der Waals surface area contributed by atoms with E-state index >= 15 is 0 Å². The smallest absolute Gasteiger partial charge is 0.317 e. The van der Waals surface area contributed by atoms with Crippen molar-refractivity contribution < 1.29 is 18.7 Å². The molecular weight excluding hydrogens is 349 g/mol. The fraction of sp³-hybridized carbons (Fsp3) is 0.600. The zero-order valence-corrected chi connectivity index (χ0v) is 16.0. The maximum atomic E-state index is 13.7. The predicted molar refractivity (Wildman–Crippen MR) is 99.8 cm³/mol. The van der Waals surface area contributed by atoms with Crippen LogP contribution in [0.15, 0.2) is 18.2 Å². The SMILES string of the molecule is CCNC(=O)N1CC(C(=O)N2CCOCC2)CCC1c1ccc(F)c(C)c1. The van der Waals surface area contributed by atoms with Crippen LogP contribution in [0.4, 0.5) is 9.18 Å². The number of nitrogens with zero attached hydrogens (tertiary/aromatic N) is 2. The number of hydrogen-bond acceptors (Lipinski definition) is 3. The Hall–Kier alpha value is -2.15. The van der Waals surface area contributed by atoms with E-state index in [0.717, 1.165) is 5.56 Å². The van der Waals surface area contributed by atoms with Crippen LogP contribution in [0, 0.1) is 18.7 Å². The van der Waals surface area contributed by atoms with E-state index in [4.69, 9.17) is 4.74 Å². The summed E-state index contributed by atoms with van der Waals surface area (Å²) >= 11 is 0. The van der Waals surface area contributed by atoms with Crippen LogP contribution < -0.4 is 5.32 Å². The molecule has 2 aliphatic heterocycles. The van der Waals surface area contributed by atoms with Crippen molar-refractivity contribution in [2.24, 2.45) is 5.92 Å². The molecule has 2 atom stereocenters. The molecule has 1 aromatic carbocycles. The molecule has 3 amide bonds. The fourth-order valence-corrected chi connectivity index (χ4v) is 3.91. The molecule has 0 aromatic heterocycles. The van der Waals surface area contributed by atoms with Gasteiger partial charge in [-0.2, -0.15) is 0 Å². The van der Waals surface area contributed by atoms with Crippen molar-refractivity contribution in [2.45, 2.75) is 32.7 Å². The number of benzene rings is 1. The second kappa shape index (κ2) is 8.69. The highest BCUT2D eigenvalue weighted by Crippen LogP contribution is 2.35. The highest BCUT2D eigenvalue weighted by atomic mass is 19.1. The van der Waals surface area contributed by atoms with Crippen LogP contribution in [0.2, 0.25) is 0 Å². The molecule has 0 spiro atoms. The molecule has 3 rings (SSSR count). The molecule has 2 heterocycles. The number of ether oxygens (including phenoxy) is 1. The van der Waals surface area contributed by atoms with Gasteiger partial charge in [0.25, 0.3) is 0 Å². The molecule has 1 aromatic rings. The third-order valence-corrected chi connectivity index (χ3v) is 5.41. The van der Waals surface area contributed by atoms with Crippen molar-refractivity contribution in [1.82, 2.24) is 15.1 Å². The molecule has 148 valence electrons. The monoisotopic (exact) mass is 377 g/mol. The first-order chi connectivity index (χ1) is 13.0. The lowest BCUT2D eigenvalue weighted by molar-refractivity contribution is -0.141. The number of aryl methyl sites for hydroxylation is 1. The quantitative estimate of drug-likeness (QED) is 0.880. The van der Waals surface area contributed by atoms with Crippen LogP contribution in [0.5, 0.6) is 0 Å². The minimum absolute atomic E-state index is 0.0985. The topological polar surface area (TPSA) is 61.9 Å². The van der Waals surface area contributed by atoms with Crippen molar-refractivity contribution in [3.8, 4) is 0 Å². The summed E-state index contributed by atoms with van der Waals surface area (Å²) in [6.45, 7) is 6.84. The molecule has 7 heteroatoms. The highest BCUT2D eigenvalue weighted by Gasteiger charge is 2.37. The van der Waals surface area contributed by atoms with E-state index in [1.54, 1.807) is 24.0 Å². The Morgan fingerprint density at radius 2 is 2.00 bits per heavy atom. The third-order valence-electron chi connectivity index (χ3n) is 5.41. The summed E-state index contributed by atoms with van der Waals surface area (Å²) in [4.78, 5) is 29.1. The first-order valence-electron chi connectivity index (χ1n) is 9.68. The summed E-state index contributed by atoms with van der Waals surface area (Å²) in [6.07, 6.45) is 1.40. The van der Waals surface area contributed by atoms with E-state index in [-0.39, 0.29) is 29.7 Å². The molecule has 0 radical (unpaired) electrons. The van der Waals surface area contributed by atoms with E-state index in [1.165, 1.54) is 6.07 Å². The molecule has 0 bridgehead atoms. The molecule has 0 aliphatic carbocycles.